The van der Waals surface area contributed by atoms with Crippen LogP contribution in [0.15, 0.2) is 24.3 Å². The molecule has 2 aliphatic heterocycles. The number of hydrogen-bond acceptors (Lipinski definition) is 5. The molecule has 6 heteroatoms. The number of nitrogens with zero attached hydrogens (tertiary/aromatic N) is 1. The molecule has 0 unspecified atom stereocenters. The summed E-state index contributed by atoms with van der Waals surface area (Å²) in [5, 5.41) is 3.07. The number of esters is 1. The van der Waals surface area contributed by atoms with Crippen LogP contribution in [0, 0.1) is 0 Å². The topological polar surface area (TPSA) is 67.9 Å². The van der Waals surface area contributed by atoms with Crippen LogP contribution in [0.25, 0.3) is 0 Å². The van der Waals surface area contributed by atoms with Gasteiger partial charge in [0.25, 0.3) is 5.91 Å². The molecule has 0 aromatic heterocycles. The molecule has 1 atom stereocenters. The van der Waals surface area contributed by atoms with Crippen molar-refractivity contribution in [1.29, 1.82) is 0 Å². The lowest BCUT2D eigenvalue weighted by molar-refractivity contribution is -0.142. The van der Waals surface area contributed by atoms with Crippen molar-refractivity contribution in [2.24, 2.45) is 0 Å². The van der Waals surface area contributed by atoms with Crippen molar-refractivity contribution in [2.45, 2.75) is 31.3 Å². The van der Waals surface area contributed by atoms with Gasteiger partial charge in [-0.25, -0.2) is 0 Å². The number of rotatable bonds is 4. The highest BCUT2D eigenvalue weighted by molar-refractivity contribution is 5.94. The number of nitrogens with one attached hydrogen (secondary N) is 1. The summed E-state index contributed by atoms with van der Waals surface area (Å²) in [6, 6.07) is 7.19. The van der Waals surface area contributed by atoms with Gasteiger partial charge in [0, 0.05) is 31.1 Å². The first-order valence-electron chi connectivity index (χ1n) is 8.03. The third kappa shape index (κ3) is 3.64. The molecule has 1 N–H and O–H groups in total. The van der Waals surface area contributed by atoms with E-state index < -0.39 is 0 Å². The van der Waals surface area contributed by atoms with Gasteiger partial charge in [-0.15, -0.1) is 0 Å². The van der Waals surface area contributed by atoms with E-state index in [1.807, 2.05) is 12.1 Å². The summed E-state index contributed by atoms with van der Waals surface area (Å²) in [6.45, 7) is 2.14. The summed E-state index contributed by atoms with van der Waals surface area (Å²) in [5.74, 6) is 0.485. The zero-order chi connectivity index (χ0) is 16.2. The molecule has 23 heavy (non-hydrogen) atoms. The average Bonchev–Trinajstić information content (AvgIpc) is 3.01. The SMILES string of the molecule is COc1cccc(C(=O)NC2CCN([C@@H]3CCOC3=O)CC2)c1. The Bertz CT molecular complexity index is 582. The van der Waals surface area contributed by atoms with Crippen LogP contribution in [0.2, 0.25) is 0 Å². The van der Waals surface area contributed by atoms with E-state index in [0.29, 0.717) is 17.9 Å². The van der Waals surface area contributed by atoms with Crippen molar-refractivity contribution in [2.75, 3.05) is 26.8 Å². The third-order valence-electron chi connectivity index (χ3n) is 4.55. The fourth-order valence-electron chi connectivity index (χ4n) is 3.21. The van der Waals surface area contributed by atoms with Gasteiger partial charge in [0.2, 0.25) is 0 Å². The van der Waals surface area contributed by atoms with E-state index in [0.717, 1.165) is 32.4 Å². The first kappa shape index (κ1) is 15.8. The number of piperidine rings is 1. The number of carbonyl (C=O) groups is 2. The molecule has 0 radical (unpaired) electrons. The lowest BCUT2D eigenvalue weighted by Gasteiger charge is -2.34. The van der Waals surface area contributed by atoms with Crippen molar-refractivity contribution in [1.82, 2.24) is 10.2 Å². The molecule has 1 aromatic rings. The molecule has 2 fully saturated rings. The lowest BCUT2D eigenvalue weighted by atomic mass is 10.0. The van der Waals surface area contributed by atoms with Crippen LogP contribution in [-0.2, 0) is 9.53 Å². The van der Waals surface area contributed by atoms with Crippen LogP contribution in [0.5, 0.6) is 5.75 Å². The van der Waals surface area contributed by atoms with Gasteiger partial charge in [-0.2, -0.15) is 0 Å². The van der Waals surface area contributed by atoms with E-state index in [4.69, 9.17) is 9.47 Å². The Morgan fingerprint density at radius 2 is 2.09 bits per heavy atom. The van der Waals surface area contributed by atoms with Crippen molar-refractivity contribution < 1.29 is 19.1 Å². The summed E-state index contributed by atoms with van der Waals surface area (Å²) in [5.41, 5.74) is 0.603. The number of likely N-dealkylation sites (tertiary alicyclic amines) is 1. The molecule has 0 spiro atoms. The summed E-state index contributed by atoms with van der Waals surface area (Å²) in [7, 11) is 1.58. The highest BCUT2D eigenvalue weighted by Gasteiger charge is 2.34. The van der Waals surface area contributed by atoms with Crippen molar-refractivity contribution in [3.63, 3.8) is 0 Å². The number of ether oxygens (including phenoxy) is 2. The molecule has 0 bridgehead atoms. The number of cyclic esters (lactones) is 1. The Morgan fingerprint density at radius 1 is 1.30 bits per heavy atom. The number of amides is 1. The molecule has 3 rings (SSSR count). The fourth-order valence-corrected chi connectivity index (χ4v) is 3.21. The number of benzene rings is 1. The van der Waals surface area contributed by atoms with Gasteiger partial charge < -0.3 is 14.8 Å². The Morgan fingerprint density at radius 3 is 2.74 bits per heavy atom. The van der Waals surface area contributed by atoms with Gasteiger partial charge in [0.05, 0.1) is 13.7 Å². The molecular formula is C17H22N2O4. The van der Waals surface area contributed by atoms with E-state index in [1.165, 1.54) is 0 Å². The predicted molar refractivity (Wildman–Crippen MR) is 84.4 cm³/mol. The largest absolute Gasteiger partial charge is 0.497 e. The maximum absolute atomic E-state index is 12.3. The lowest BCUT2D eigenvalue weighted by Crippen LogP contribution is -2.49. The minimum atomic E-state index is -0.108. The Hall–Kier alpha value is -2.08. The van der Waals surface area contributed by atoms with Crippen LogP contribution in [0.1, 0.15) is 29.6 Å². The summed E-state index contributed by atoms with van der Waals surface area (Å²) in [4.78, 5) is 26.1. The average molecular weight is 318 g/mol. The second-order valence-corrected chi connectivity index (χ2v) is 5.99. The minimum Gasteiger partial charge on any atom is -0.497 e. The quantitative estimate of drug-likeness (QED) is 0.845. The first-order valence-corrected chi connectivity index (χ1v) is 8.03. The van der Waals surface area contributed by atoms with Crippen LogP contribution in [0.3, 0.4) is 0 Å². The molecule has 2 saturated heterocycles. The molecule has 0 aliphatic carbocycles. The molecule has 1 aromatic carbocycles. The smallest absolute Gasteiger partial charge is 0.323 e. The van der Waals surface area contributed by atoms with E-state index in [9.17, 15) is 9.59 Å². The van der Waals surface area contributed by atoms with Crippen LogP contribution >= 0.6 is 0 Å². The Kier molecular flexibility index (Phi) is 4.81. The van der Waals surface area contributed by atoms with E-state index in [1.54, 1.807) is 19.2 Å². The monoisotopic (exact) mass is 318 g/mol. The fraction of sp³-hybridized carbons (Fsp3) is 0.529. The third-order valence-corrected chi connectivity index (χ3v) is 4.55. The first-order chi connectivity index (χ1) is 11.2. The van der Waals surface area contributed by atoms with Crippen molar-refractivity contribution in [3.05, 3.63) is 29.8 Å². The van der Waals surface area contributed by atoms with Gasteiger partial charge in [-0.05, 0) is 31.0 Å². The highest BCUT2D eigenvalue weighted by atomic mass is 16.5. The van der Waals surface area contributed by atoms with Gasteiger partial charge in [-0.3, -0.25) is 14.5 Å². The normalized spacial score (nSPS) is 22.7. The van der Waals surface area contributed by atoms with Crippen LogP contribution in [0.4, 0.5) is 0 Å². The molecule has 124 valence electrons. The van der Waals surface area contributed by atoms with Gasteiger partial charge in [-0.1, -0.05) is 6.07 Å². The zero-order valence-electron chi connectivity index (χ0n) is 13.3. The molecule has 1 amide bonds. The van der Waals surface area contributed by atoms with Gasteiger partial charge in [0.15, 0.2) is 0 Å². The van der Waals surface area contributed by atoms with E-state index in [2.05, 4.69) is 10.2 Å². The second-order valence-electron chi connectivity index (χ2n) is 5.99. The maximum Gasteiger partial charge on any atom is 0.323 e. The van der Waals surface area contributed by atoms with Crippen LogP contribution in [-0.4, -0.2) is 55.7 Å². The maximum atomic E-state index is 12.3. The number of hydrogen-bond donors (Lipinski definition) is 1. The predicted octanol–water partition coefficient (Wildman–Crippen LogP) is 1.20. The number of carbonyl (C=O) groups excluding carboxylic acids is 2. The van der Waals surface area contributed by atoms with E-state index in [-0.39, 0.29) is 24.0 Å². The van der Waals surface area contributed by atoms with Gasteiger partial charge >= 0.3 is 5.97 Å². The Labute approximate surface area is 135 Å². The molecule has 0 saturated carbocycles. The Balaban J connectivity index is 1.52. The second kappa shape index (κ2) is 7.00. The molecule has 2 heterocycles. The van der Waals surface area contributed by atoms with Gasteiger partial charge in [0.1, 0.15) is 11.8 Å². The molecular weight excluding hydrogens is 296 g/mol. The molecule has 2 aliphatic rings. The summed E-state index contributed by atoms with van der Waals surface area (Å²) in [6.07, 6.45) is 2.47. The summed E-state index contributed by atoms with van der Waals surface area (Å²) < 4.78 is 10.2. The highest BCUT2D eigenvalue weighted by Crippen LogP contribution is 2.20. The summed E-state index contributed by atoms with van der Waals surface area (Å²) >= 11 is 0. The minimum absolute atomic E-state index is 0.0809. The van der Waals surface area contributed by atoms with Crippen molar-refractivity contribution >= 4 is 11.9 Å². The molecule has 6 nitrogen and oxygen atoms in total. The van der Waals surface area contributed by atoms with Crippen LogP contribution < -0.4 is 10.1 Å². The van der Waals surface area contributed by atoms with Crippen molar-refractivity contribution in [3.8, 4) is 5.75 Å². The van der Waals surface area contributed by atoms with E-state index >= 15 is 0 Å². The number of methoxy groups -OCH3 is 1. The zero-order valence-corrected chi connectivity index (χ0v) is 13.3. The standard InChI is InChI=1S/C17H22N2O4/c1-22-14-4-2-3-12(11-14)16(20)18-13-5-8-19(9-6-13)15-7-10-23-17(15)21/h2-4,11,13,15H,5-10H2,1H3,(H,18,20)/t15-/m1/s1.